The molecule has 0 unspecified atom stereocenters. The molecule has 0 radical (unpaired) electrons. The average molecular weight is 556 g/mol. The van der Waals surface area contributed by atoms with Gasteiger partial charge in [-0.25, -0.2) is 4.79 Å². The molecule has 208 valence electrons. The van der Waals surface area contributed by atoms with Crippen LogP contribution in [0.4, 0.5) is 13.2 Å². The van der Waals surface area contributed by atoms with Gasteiger partial charge < -0.3 is 28.1 Å². The Morgan fingerprint density at radius 3 is 2.17 bits per heavy atom. The quantitative estimate of drug-likeness (QED) is 0.137. The van der Waals surface area contributed by atoms with Gasteiger partial charge >= 0.3 is 12.1 Å². The van der Waals surface area contributed by atoms with Crippen LogP contribution < -0.4 is 29.1 Å². The van der Waals surface area contributed by atoms with Gasteiger partial charge in [0.05, 0.1) is 26.7 Å². The number of rotatable bonds is 8. The molecule has 40 heavy (non-hydrogen) atoms. The van der Waals surface area contributed by atoms with Crippen LogP contribution in [0.1, 0.15) is 16.9 Å². The first kappa shape index (κ1) is 28.1. The number of hydrogen-bond donors (Lipinski definition) is 0. The number of aryl methyl sites for hydroxylation is 1. The van der Waals surface area contributed by atoms with Gasteiger partial charge in [-0.15, -0.1) is 0 Å². The molecular formula is C29H23F3O8. The van der Waals surface area contributed by atoms with Crippen LogP contribution in [-0.4, -0.2) is 27.3 Å². The molecular weight excluding hydrogens is 533 g/mol. The molecule has 0 aliphatic rings. The minimum atomic E-state index is -5.04. The molecule has 0 N–H and O–H groups in total. The molecule has 0 aliphatic carbocycles. The number of benzene rings is 3. The summed E-state index contributed by atoms with van der Waals surface area (Å²) in [4.78, 5) is 25.4. The first-order valence-corrected chi connectivity index (χ1v) is 11.7. The molecule has 0 fully saturated rings. The Bertz CT molecular complexity index is 1630. The van der Waals surface area contributed by atoms with E-state index in [9.17, 15) is 22.8 Å². The lowest BCUT2D eigenvalue weighted by Crippen LogP contribution is -2.15. The van der Waals surface area contributed by atoms with Gasteiger partial charge in [0.2, 0.25) is 16.9 Å². The average Bonchev–Trinajstić information content (AvgIpc) is 2.92. The molecule has 0 saturated heterocycles. The zero-order chi connectivity index (χ0) is 29.0. The van der Waals surface area contributed by atoms with Crippen molar-refractivity contribution < 1.29 is 46.1 Å². The summed E-state index contributed by atoms with van der Waals surface area (Å²) in [7, 11) is 4.34. The van der Waals surface area contributed by atoms with Crippen LogP contribution >= 0.6 is 0 Å². The summed E-state index contributed by atoms with van der Waals surface area (Å²) in [6.45, 7) is 1.73. The largest absolute Gasteiger partial charge is 0.493 e. The van der Waals surface area contributed by atoms with E-state index in [1.54, 1.807) is 31.2 Å². The molecule has 4 aromatic rings. The van der Waals surface area contributed by atoms with Crippen molar-refractivity contribution in [1.29, 1.82) is 0 Å². The lowest BCUT2D eigenvalue weighted by molar-refractivity contribution is -0.154. The Labute approximate surface area is 226 Å². The number of halogens is 3. The molecule has 3 aromatic carbocycles. The van der Waals surface area contributed by atoms with Gasteiger partial charge in [-0.1, -0.05) is 12.1 Å². The number of carbonyl (C=O) groups excluding carboxylic acids is 1. The van der Waals surface area contributed by atoms with E-state index in [-0.39, 0.29) is 16.9 Å². The molecule has 4 rings (SSSR count). The third-order valence-electron chi connectivity index (χ3n) is 5.61. The standard InChI is InChI=1S/C29H23F3O8/c1-16-6-5-7-18(12-16)39-27-25(34)20-10-9-19(15-21(20)40-28(27)29(30,31)32)38-24(33)11-8-17-13-22(35-2)26(37-4)23(14-17)36-3/h5-15H,1-4H3/b11-8+. The summed E-state index contributed by atoms with van der Waals surface area (Å²) in [5, 5.41) is -0.191. The van der Waals surface area contributed by atoms with Gasteiger partial charge in [-0.3, -0.25) is 4.79 Å². The van der Waals surface area contributed by atoms with Crippen LogP contribution in [-0.2, 0) is 11.0 Å². The first-order valence-electron chi connectivity index (χ1n) is 11.7. The molecule has 0 aliphatic heterocycles. The molecule has 0 spiro atoms. The van der Waals surface area contributed by atoms with E-state index in [1.165, 1.54) is 51.7 Å². The van der Waals surface area contributed by atoms with Gasteiger partial charge in [0, 0.05) is 12.1 Å². The number of ether oxygens (including phenoxy) is 5. The maximum Gasteiger partial charge on any atom is 0.453 e. The van der Waals surface area contributed by atoms with Crippen molar-refractivity contribution in [2.45, 2.75) is 13.1 Å². The minimum Gasteiger partial charge on any atom is -0.493 e. The fourth-order valence-electron chi connectivity index (χ4n) is 3.81. The van der Waals surface area contributed by atoms with Gasteiger partial charge in [0.15, 0.2) is 11.5 Å². The lowest BCUT2D eigenvalue weighted by atomic mass is 10.1. The molecule has 8 nitrogen and oxygen atoms in total. The molecule has 11 heteroatoms. The molecule has 1 aromatic heterocycles. The third-order valence-corrected chi connectivity index (χ3v) is 5.61. The monoisotopic (exact) mass is 556 g/mol. The summed E-state index contributed by atoms with van der Waals surface area (Å²) in [6.07, 6.45) is -2.52. The Kier molecular flexibility index (Phi) is 8.03. The lowest BCUT2D eigenvalue weighted by Gasteiger charge is -2.14. The smallest absolute Gasteiger partial charge is 0.453 e. The fourth-order valence-corrected chi connectivity index (χ4v) is 3.81. The molecule has 0 bridgehead atoms. The minimum absolute atomic E-state index is 0.0431. The van der Waals surface area contributed by atoms with Crippen molar-refractivity contribution in [2.75, 3.05) is 21.3 Å². The van der Waals surface area contributed by atoms with Gasteiger partial charge in [0.1, 0.15) is 17.1 Å². The molecule has 0 saturated carbocycles. The van der Waals surface area contributed by atoms with E-state index in [0.717, 1.165) is 17.7 Å². The summed E-state index contributed by atoms with van der Waals surface area (Å²) in [5.41, 5.74) is -0.225. The number of methoxy groups -OCH3 is 3. The number of fused-ring (bicyclic) bond motifs is 1. The SMILES string of the molecule is COc1cc(/C=C/C(=O)Oc2ccc3c(=O)c(Oc4cccc(C)c4)c(C(F)(F)F)oc3c2)cc(OC)c1OC. The van der Waals surface area contributed by atoms with E-state index >= 15 is 0 Å². The van der Waals surface area contributed by atoms with Crippen LogP contribution in [0, 0.1) is 6.92 Å². The van der Waals surface area contributed by atoms with E-state index in [4.69, 9.17) is 28.1 Å². The second-order valence-electron chi connectivity index (χ2n) is 8.38. The molecule has 0 amide bonds. The number of hydrogen-bond acceptors (Lipinski definition) is 8. The van der Waals surface area contributed by atoms with Crippen molar-refractivity contribution in [3.63, 3.8) is 0 Å². The van der Waals surface area contributed by atoms with E-state index in [1.807, 2.05) is 0 Å². The Hall–Kier alpha value is -4.93. The maximum absolute atomic E-state index is 13.8. The van der Waals surface area contributed by atoms with Crippen LogP contribution in [0.3, 0.4) is 0 Å². The Morgan fingerprint density at radius 1 is 0.875 bits per heavy atom. The predicted octanol–water partition coefficient (Wildman–Crippen LogP) is 6.56. The Morgan fingerprint density at radius 2 is 1.57 bits per heavy atom. The highest BCUT2D eigenvalue weighted by atomic mass is 19.4. The van der Waals surface area contributed by atoms with Crippen LogP contribution in [0.25, 0.3) is 17.0 Å². The van der Waals surface area contributed by atoms with E-state index < -0.39 is 34.7 Å². The normalized spacial score (nSPS) is 11.5. The summed E-state index contributed by atoms with van der Waals surface area (Å²) < 4.78 is 72.9. The molecule has 1 heterocycles. The zero-order valence-electron chi connectivity index (χ0n) is 21.8. The highest BCUT2D eigenvalue weighted by molar-refractivity contribution is 5.90. The van der Waals surface area contributed by atoms with Crippen LogP contribution in [0.2, 0.25) is 0 Å². The predicted molar refractivity (Wildman–Crippen MR) is 140 cm³/mol. The second kappa shape index (κ2) is 11.4. The van der Waals surface area contributed by atoms with Gasteiger partial charge in [-0.2, -0.15) is 13.2 Å². The summed E-state index contributed by atoms with van der Waals surface area (Å²) in [5.74, 6) is -2.45. The van der Waals surface area contributed by atoms with Crippen LogP contribution in [0.5, 0.6) is 34.5 Å². The summed E-state index contributed by atoms with van der Waals surface area (Å²) in [6, 6.07) is 12.9. The number of carbonyl (C=O) groups is 1. The van der Waals surface area contributed by atoms with Gasteiger partial charge in [-0.05, 0) is 60.5 Å². The van der Waals surface area contributed by atoms with Gasteiger partial charge in [0.25, 0.3) is 5.76 Å². The highest BCUT2D eigenvalue weighted by Gasteiger charge is 2.40. The first-order chi connectivity index (χ1) is 19.0. The zero-order valence-corrected chi connectivity index (χ0v) is 21.8. The number of esters is 1. The van der Waals surface area contributed by atoms with Crippen molar-refractivity contribution in [1.82, 2.24) is 0 Å². The van der Waals surface area contributed by atoms with Crippen molar-refractivity contribution in [3.05, 3.63) is 87.8 Å². The third kappa shape index (κ3) is 6.04. The topological polar surface area (TPSA) is 93.4 Å². The second-order valence-corrected chi connectivity index (χ2v) is 8.38. The van der Waals surface area contributed by atoms with Crippen molar-refractivity contribution >= 4 is 23.0 Å². The number of alkyl halides is 3. The van der Waals surface area contributed by atoms with Crippen molar-refractivity contribution in [3.8, 4) is 34.5 Å². The fraction of sp³-hybridized carbons (Fsp3) is 0.172. The van der Waals surface area contributed by atoms with Crippen molar-refractivity contribution in [2.24, 2.45) is 0 Å². The maximum atomic E-state index is 13.8. The highest BCUT2D eigenvalue weighted by Crippen LogP contribution is 2.40. The van der Waals surface area contributed by atoms with Crippen LogP contribution in [0.15, 0.2) is 69.9 Å². The van der Waals surface area contributed by atoms with E-state index in [2.05, 4.69) is 0 Å². The summed E-state index contributed by atoms with van der Waals surface area (Å²) >= 11 is 0. The molecule has 0 atom stereocenters. The Balaban J connectivity index is 1.63. The van der Waals surface area contributed by atoms with E-state index in [0.29, 0.717) is 22.8 Å².